The number of thioether (sulfide) groups is 1. The van der Waals surface area contributed by atoms with Gasteiger partial charge in [0.05, 0.1) is 5.54 Å². The van der Waals surface area contributed by atoms with Crippen LogP contribution in [0, 0.1) is 0 Å². The van der Waals surface area contributed by atoms with Crippen LogP contribution in [-0.2, 0) is 10.3 Å². The van der Waals surface area contributed by atoms with Crippen molar-refractivity contribution in [2.45, 2.75) is 31.8 Å². The van der Waals surface area contributed by atoms with Gasteiger partial charge in [-0.1, -0.05) is 0 Å². The van der Waals surface area contributed by atoms with Gasteiger partial charge in [0.1, 0.15) is 11.0 Å². The number of aromatic nitrogens is 1. The van der Waals surface area contributed by atoms with Gasteiger partial charge < -0.3 is 15.7 Å². The summed E-state index contributed by atoms with van der Waals surface area (Å²) in [7, 11) is 0. The second kappa shape index (κ2) is 7.49. The van der Waals surface area contributed by atoms with Crippen molar-refractivity contribution in [2.75, 3.05) is 12.0 Å². The Labute approximate surface area is 126 Å². The highest BCUT2D eigenvalue weighted by atomic mass is 32.2. The van der Waals surface area contributed by atoms with Crippen LogP contribution in [0.25, 0.3) is 0 Å². The number of carboxylic acids is 1. The van der Waals surface area contributed by atoms with Crippen LogP contribution in [0.1, 0.15) is 25.3 Å². The van der Waals surface area contributed by atoms with Gasteiger partial charge in [0.25, 0.3) is 0 Å². The van der Waals surface area contributed by atoms with Crippen molar-refractivity contribution in [3.8, 4) is 0 Å². The van der Waals surface area contributed by atoms with Gasteiger partial charge >= 0.3 is 12.0 Å². The molecule has 6 nitrogen and oxygen atoms in total. The quantitative estimate of drug-likeness (QED) is 0.714. The molecule has 0 aliphatic rings. The summed E-state index contributed by atoms with van der Waals surface area (Å²) in [6, 6.07) is -1.38. The number of hydrogen-bond acceptors (Lipinski definition) is 5. The molecule has 8 heteroatoms. The van der Waals surface area contributed by atoms with Gasteiger partial charge in [-0.05, 0) is 32.3 Å². The third-order valence-electron chi connectivity index (χ3n) is 2.61. The molecule has 0 saturated heterocycles. The molecule has 1 aromatic heterocycles. The highest BCUT2D eigenvalue weighted by Crippen LogP contribution is 2.21. The molecule has 3 N–H and O–H groups in total. The molecule has 0 bridgehead atoms. The van der Waals surface area contributed by atoms with E-state index in [2.05, 4.69) is 15.6 Å². The highest BCUT2D eigenvalue weighted by Gasteiger charge is 2.27. The number of amides is 2. The molecule has 112 valence electrons. The molecule has 0 aromatic carbocycles. The monoisotopic (exact) mass is 317 g/mol. The summed E-state index contributed by atoms with van der Waals surface area (Å²) in [4.78, 5) is 27.2. The Balaban J connectivity index is 2.59. The van der Waals surface area contributed by atoms with Gasteiger partial charge in [-0.2, -0.15) is 11.8 Å². The van der Waals surface area contributed by atoms with Crippen LogP contribution in [0.5, 0.6) is 0 Å². The fourth-order valence-electron chi connectivity index (χ4n) is 1.56. The molecule has 1 aromatic rings. The first-order chi connectivity index (χ1) is 9.36. The molecule has 0 aliphatic carbocycles. The van der Waals surface area contributed by atoms with Crippen LogP contribution in [0.15, 0.2) is 11.6 Å². The molecule has 0 radical (unpaired) electrons. The third kappa shape index (κ3) is 5.01. The van der Waals surface area contributed by atoms with Crippen molar-refractivity contribution < 1.29 is 14.7 Å². The van der Waals surface area contributed by atoms with Gasteiger partial charge in [0, 0.05) is 11.6 Å². The summed E-state index contributed by atoms with van der Waals surface area (Å²) in [5, 5.41) is 16.9. The number of carbonyl (C=O) groups excluding carboxylic acids is 1. The Kier molecular flexibility index (Phi) is 6.28. The Morgan fingerprint density at radius 2 is 2.25 bits per heavy atom. The highest BCUT2D eigenvalue weighted by molar-refractivity contribution is 7.98. The van der Waals surface area contributed by atoms with Gasteiger partial charge in [-0.3, -0.25) is 0 Å². The van der Waals surface area contributed by atoms with Crippen LogP contribution in [0.2, 0.25) is 0 Å². The fraction of sp³-hybridized carbons (Fsp3) is 0.583. The minimum absolute atomic E-state index is 0.390. The number of thiazole rings is 1. The average molecular weight is 317 g/mol. The van der Waals surface area contributed by atoms with Crippen LogP contribution < -0.4 is 10.6 Å². The molecule has 0 aliphatic heterocycles. The number of urea groups is 1. The van der Waals surface area contributed by atoms with Crippen molar-refractivity contribution in [3.05, 3.63) is 16.6 Å². The molecule has 1 atom stereocenters. The lowest BCUT2D eigenvalue weighted by Crippen LogP contribution is -2.51. The number of nitrogens with zero attached hydrogens (tertiary/aromatic N) is 1. The Bertz CT molecular complexity index is 449. The normalized spacial score (nSPS) is 12.8. The molecule has 0 saturated carbocycles. The maximum atomic E-state index is 11.9. The standard InChI is InChI=1S/C12H19N3O3S2/c1-12(2,10-13-5-7-20-10)15-11(18)14-8(9(16)17)4-6-19-3/h5,7-8H,4,6H2,1-3H3,(H,16,17)(H2,14,15,18)/t8-/m0/s1. The van der Waals surface area contributed by atoms with Crippen molar-refractivity contribution in [1.29, 1.82) is 0 Å². The first-order valence-corrected chi connectivity index (χ1v) is 8.34. The lowest BCUT2D eigenvalue weighted by molar-refractivity contribution is -0.139. The van der Waals surface area contributed by atoms with Gasteiger partial charge in [-0.15, -0.1) is 11.3 Å². The zero-order valence-electron chi connectivity index (χ0n) is 11.7. The van der Waals surface area contributed by atoms with Crippen LogP contribution >= 0.6 is 23.1 Å². The van der Waals surface area contributed by atoms with E-state index in [4.69, 9.17) is 5.11 Å². The second-order valence-electron chi connectivity index (χ2n) is 4.73. The van der Waals surface area contributed by atoms with E-state index in [0.29, 0.717) is 12.2 Å². The van der Waals surface area contributed by atoms with E-state index in [1.807, 2.05) is 25.5 Å². The van der Waals surface area contributed by atoms with Gasteiger partial charge in [0.15, 0.2) is 0 Å². The Hall–Kier alpha value is -1.28. The van der Waals surface area contributed by atoms with E-state index >= 15 is 0 Å². The minimum atomic E-state index is -1.03. The van der Waals surface area contributed by atoms with E-state index in [1.54, 1.807) is 18.0 Å². The number of carbonyl (C=O) groups is 2. The summed E-state index contributed by atoms with van der Waals surface area (Å²) in [5.74, 6) is -0.353. The second-order valence-corrected chi connectivity index (χ2v) is 6.61. The van der Waals surface area contributed by atoms with Crippen molar-refractivity contribution in [3.63, 3.8) is 0 Å². The molecule has 1 heterocycles. The van der Waals surface area contributed by atoms with E-state index in [0.717, 1.165) is 5.01 Å². The number of nitrogens with one attached hydrogen (secondary N) is 2. The first kappa shape index (κ1) is 16.8. The van der Waals surface area contributed by atoms with Crippen molar-refractivity contribution in [2.24, 2.45) is 0 Å². The maximum Gasteiger partial charge on any atom is 0.326 e. The number of hydrogen-bond donors (Lipinski definition) is 3. The number of aliphatic carboxylic acids is 1. The number of rotatable bonds is 7. The molecular weight excluding hydrogens is 298 g/mol. The topological polar surface area (TPSA) is 91.3 Å². The summed E-state index contributed by atoms with van der Waals surface area (Å²) < 4.78 is 0. The molecule has 20 heavy (non-hydrogen) atoms. The van der Waals surface area contributed by atoms with Gasteiger partial charge in [-0.25, -0.2) is 14.6 Å². The van der Waals surface area contributed by atoms with E-state index < -0.39 is 23.6 Å². The molecular formula is C12H19N3O3S2. The SMILES string of the molecule is CSCC[C@H](NC(=O)NC(C)(C)c1nccs1)C(=O)O. The smallest absolute Gasteiger partial charge is 0.326 e. The predicted molar refractivity (Wildman–Crippen MR) is 81.2 cm³/mol. The predicted octanol–water partition coefficient (Wildman–Crippen LogP) is 1.88. The summed E-state index contributed by atoms with van der Waals surface area (Å²) in [5.41, 5.74) is -0.638. The lowest BCUT2D eigenvalue weighted by Gasteiger charge is -2.25. The Morgan fingerprint density at radius 1 is 1.55 bits per heavy atom. The first-order valence-electron chi connectivity index (χ1n) is 6.07. The van der Waals surface area contributed by atoms with Crippen molar-refractivity contribution >= 4 is 35.1 Å². The van der Waals surface area contributed by atoms with Crippen LogP contribution in [-0.4, -0.2) is 40.1 Å². The fourth-order valence-corrected chi connectivity index (χ4v) is 2.75. The van der Waals surface area contributed by atoms with E-state index in [1.165, 1.54) is 11.3 Å². The zero-order chi connectivity index (χ0) is 15.2. The lowest BCUT2D eigenvalue weighted by atomic mass is 10.1. The largest absolute Gasteiger partial charge is 0.480 e. The molecule has 2 amide bonds. The molecule has 0 unspecified atom stereocenters. The molecule has 0 fully saturated rings. The maximum absolute atomic E-state index is 11.9. The van der Waals surface area contributed by atoms with Crippen LogP contribution in [0.3, 0.4) is 0 Å². The zero-order valence-corrected chi connectivity index (χ0v) is 13.3. The summed E-state index contributed by atoms with van der Waals surface area (Å²) in [6.07, 6.45) is 3.95. The van der Waals surface area contributed by atoms with Crippen molar-refractivity contribution in [1.82, 2.24) is 15.6 Å². The van der Waals surface area contributed by atoms with E-state index in [9.17, 15) is 9.59 Å². The number of carboxylic acid groups (broad SMARTS) is 1. The molecule has 0 spiro atoms. The summed E-state index contributed by atoms with van der Waals surface area (Å²) >= 11 is 2.98. The average Bonchev–Trinajstić information content (AvgIpc) is 2.87. The minimum Gasteiger partial charge on any atom is -0.480 e. The summed E-state index contributed by atoms with van der Waals surface area (Å²) in [6.45, 7) is 3.65. The third-order valence-corrected chi connectivity index (χ3v) is 4.35. The van der Waals surface area contributed by atoms with Gasteiger partial charge in [0.2, 0.25) is 0 Å². The molecule has 1 rings (SSSR count). The van der Waals surface area contributed by atoms with E-state index in [-0.39, 0.29) is 0 Å². The Morgan fingerprint density at radius 3 is 2.75 bits per heavy atom. The van der Waals surface area contributed by atoms with Crippen LogP contribution in [0.4, 0.5) is 4.79 Å².